The van der Waals surface area contributed by atoms with Crippen molar-refractivity contribution in [3.05, 3.63) is 112 Å². The smallest absolute Gasteiger partial charge is 0.193 e. The van der Waals surface area contributed by atoms with E-state index in [1.165, 1.54) is 6.07 Å². The van der Waals surface area contributed by atoms with E-state index >= 15 is 0 Å². The lowest BCUT2D eigenvalue weighted by Crippen LogP contribution is -2.07. The van der Waals surface area contributed by atoms with Gasteiger partial charge < -0.3 is 14.9 Å². The summed E-state index contributed by atoms with van der Waals surface area (Å²) in [6, 6.07) is 23.6. The Bertz CT molecular complexity index is 1240. The zero-order valence-corrected chi connectivity index (χ0v) is 16.3. The van der Waals surface area contributed by atoms with Crippen molar-refractivity contribution >= 4 is 16.8 Å². The van der Waals surface area contributed by atoms with E-state index in [0.717, 1.165) is 11.1 Å². The standard InChI is InChI=1S/C25H21NO4/c26-15-20-14-23(28)21-10-5-11-24(25(21)30-20)29-16-18-8-4-9-19(12-18)22(27)13-17-6-2-1-3-7-17/h1-12,14H,13,15-16,26H2. The maximum Gasteiger partial charge on any atom is 0.193 e. The number of hydrogen-bond donors (Lipinski definition) is 1. The average molecular weight is 399 g/mol. The van der Waals surface area contributed by atoms with Crippen molar-refractivity contribution in [1.82, 2.24) is 0 Å². The molecule has 4 aromatic rings. The second-order valence-corrected chi connectivity index (χ2v) is 6.99. The predicted octanol–water partition coefficient (Wildman–Crippen LogP) is 4.26. The maximum atomic E-state index is 12.6. The van der Waals surface area contributed by atoms with Gasteiger partial charge in [-0.2, -0.15) is 0 Å². The molecule has 0 unspecified atom stereocenters. The number of fused-ring (bicyclic) bond motifs is 1. The second kappa shape index (κ2) is 8.76. The largest absolute Gasteiger partial charge is 0.485 e. The lowest BCUT2D eigenvalue weighted by atomic mass is 10.0. The number of carbonyl (C=O) groups excluding carboxylic acids is 1. The molecule has 150 valence electrons. The van der Waals surface area contributed by atoms with Crippen molar-refractivity contribution in [2.24, 2.45) is 5.73 Å². The number of para-hydroxylation sites is 1. The summed E-state index contributed by atoms with van der Waals surface area (Å²) in [6.07, 6.45) is 0.349. The summed E-state index contributed by atoms with van der Waals surface area (Å²) in [5.41, 5.74) is 8.30. The van der Waals surface area contributed by atoms with Gasteiger partial charge in [0.1, 0.15) is 12.4 Å². The van der Waals surface area contributed by atoms with Gasteiger partial charge in [0.05, 0.1) is 11.9 Å². The van der Waals surface area contributed by atoms with Crippen LogP contribution in [0.3, 0.4) is 0 Å². The summed E-state index contributed by atoms with van der Waals surface area (Å²) in [4.78, 5) is 24.9. The molecule has 0 aliphatic carbocycles. The quantitative estimate of drug-likeness (QED) is 0.470. The highest BCUT2D eigenvalue weighted by Gasteiger charge is 2.11. The second-order valence-electron chi connectivity index (χ2n) is 6.99. The molecule has 5 nitrogen and oxygen atoms in total. The van der Waals surface area contributed by atoms with E-state index in [4.69, 9.17) is 14.9 Å². The minimum Gasteiger partial charge on any atom is -0.485 e. The van der Waals surface area contributed by atoms with Crippen LogP contribution in [0, 0.1) is 0 Å². The monoisotopic (exact) mass is 399 g/mol. The SMILES string of the molecule is NCc1cc(=O)c2cccc(OCc3cccc(C(=O)Cc4ccccc4)c3)c2o1. The van der Waals surface area contributed by atoms with Crippen LogP contribution in [0.4, 0.5) is 0 Å². The molecule has 1 aromatic heterocycles. The highest BCUT2D eigenvalue weighted by atomic mass is 16.5. The molecule has 0 spiro atoms. The number of Topliss-reactive ketones (excluding diaryl/α,β-unsaturated/α-hetero) is 1. The number of rotatable bonds is 7. The summed E-state index contributed by atoms with van der Waals surface area (Å²) in [5, 5.41) is 0.441. The Labute approximate surface area is 173 Å². The molecule has 0 amide bonds. The topological polar surface area (TPSA) is 82.5 Å². The molecule has 0 atom stereocenters. The highest BCUT2D eigenvalue weighted by Crippen LogP contribution is 2.25. The van der Waals surface area contributed by atoms with E-state index in [1.807, 2.05) is 48.5 Å². The molecule has 0 aliphatic heterocycles. The first-order valence-corrected chi connectivity index (χ1v) is 9.69. The van der Waals surface area contributed by atoms with Gasteiger partial charge in [0.2, 0.25) is 0 Å². The molecule has 3 aromatic carbocycles. The first-order valence-electron chi connectivity index (χ1n) is 9.69. The highest BCUT2D eigenvalue weighted by molar-refractivity contribution is 5.97. The third kappa shape index (κ3) is 4.31. The third-order valence-electron chi connectivity index (χ3n) is 4.82. The Kier molecular flexibility index (Phi) is 5.72. The van der Waals surface area contributed by atoms with E-state index in [0.29, 0.717) is 34.5 Å². The number of nitrogens with two attached hydrogens (primary N) is 1. The maximum absolute atomic E-state index is 12.6. The van der Waals surface area contributed by atoms with Gasteiger partial charge in [-0.15, -0.1) is 0 Å². The number of carbonyl (C=O) groups is 1. The first-order chi connectivity index (χ1) is 14.6. The predicted molar refractivity (Wildman–Crippen MR) is 116 cm³/mol. The van der Waals surface area contributed by atoms with Crippen LogP contribution >= 0.6 is 0 Å². The first kappa shape index (κ1) is 19.6. The van der Waals surface area contributed by atoms with Crippen LogP contribution in [-0.2, 0) is 19.6 Å². The van der Waals surface area contributed by atoms with Gasteiger partial charge in [-0.25, -0.2) is 0 Å². The van der Waals surface area contributed by atoms with Gasteiger partial charge in [0, 0.05) is 18.1 Å². The number of benzene rings is 3. The number of ketones is 1. The van der Waals surface area contributed by atoms with Crippen molar-refractivity contribution in [3.63, 3.8) is 0 Å². The van der Waals surface area contributed by atoms with Crippen LogP contribution < -0.4 is 15.9 Å². The van der Waals surface area contributed by atoms with Crippen LogP contribution in [0.2, 0.25) is 0 Å². The van der Waals surface area contributed by atoms with Crippen molar-refractivity contribution < 1.29 is 13.9 Å². The lowest BCUT2D eigenvalue weighted by Gasteiger charge is -2.10. The Balaban J connectivity index is 1.53. The van der Waals surface area contributed by atoms with E-state index in [9.17, 15) is 9.59 Å². The van der Waals surface area contributed by atoms with Crippen molar-refractivity contribution in [2.45, 2.75) is 19.6 Å². The molecule has 0 saturated heterocycles. The van der Waals surface area contributed by atoms with Gasteiger partial charge in [-0.1, -0.05) is 54.6 Å². The molecule has 0 fully saturated rings. The molecular formula is C25H21NO4. The fourth-order valence-electron chi connectivity index (χ4n) is 3.29. The zero-order valence-electron chi connectivity index (χ0n) is 16.3. The number of ether oxygens (including phenoxy) is 1. The van der Waals surface area contributed by atoms with Gasteiger partial charge >= 0.3 is 0 Å². The molecular weight excluding hydrogens is 378 g/mol. The Hall–Kier alpha value is -3.70. The van der Waals surface area contributed by atoms with Gasteiger partial charge in [-0.05, 0) is 29.3 Å². The molecule has 30 heavy (non-hydrogen) atoms. The minimum atomic E-state index is -0.157. The summed E-state index contributed by atoms with van der Waals surface area (Å²) >= 11 is 0. The van der Waals surface area contributed by atoms with Crippen LogP contribution in [0.25, 0.3) is 11.0 Å². The van der Waals surface area contributed by atoms with E-state index < -0.39 is 0 Å². The molecule has 0 radical (unpaired) electrons. The van der Waals surface area contributed by atoms with Crippen LogP contribution in [-0.4, -0.2) is 5.78 Å². The van der Waals surface area contributed by atoms with Gasteiger partial charge in [0.15, 0.2) is 22.5 Å². The molecule has 0 aliphatic rings. The van der Waals surface area contributed by atoms with Gasteiger partial charge in [0.25, 0.3) is 0 Å². The summed E-state index contributed by atoms with van der Waals surface area (Å²) < 4.78 is 11.7. The normalized spacial score (nSPS) is 10.8. The zero-order chi connectivity index (χ0) is 20.9. The molecule has 4 rings (SSSR count). The molecule has 5 heteroatoms. The van der Waals surface area contributed by atoms with Crippen LogP contribution in [0.1, 0.15) is 27.2 Å². The number of hydrogen-bond acceptors (Lipinski definition) is 5. The molecule has 1 heterocycles. The minimum absolute atomic E-state index is 0.0480. The molecule has 0 saturated carbocycles. The van der Waals surface area contributed by atoms with Crippen molar-refractivity contribution in [3.8, 4) is 5.75 Å². The van der Waals surface area contributed by atoms with E-state index in [2.05, 4.69) is 0 Å². The van der Waals surface area contributed by atoms with Crippen LogP contribution in [0.5, 0.6) is 5.75 Å². The van der Waals surface area contributed by atoms with E-state index in [1.54, 1.807) is 24.3 Å². The summed E-state index contributed by atoms with van der Waals surface area (Å²) in [7, 11) is 0. The average Bonchev–Trinajstić information content (AvgIpc) is 2.78. The molecule has 2 N–H and O–H groups in total. The third-order valence-corrected chi connectivity index (χ3v) is 4.82. The van der Waals surface area contributed by atoms with Crippen LogP contribution in [0.15, 0.2) is 88.1 Å². The Morgan fingerprint density at radius 3 is 2.47 bits per heavy atom. The van der Waals surface area contributed by atoms with Crippen molar-refractivity contribution in [2.75, 3.05) is 0 Å². The fourth-order valence-corrected chi connectivity index (χ4v) is 3.29. The van der Waals surface area contributed by atoms with Gasteiger partial charge in [-0.3, -0.25) is 9.59 Å². The molecule has 0 bridgehead atoms. The lowest BCUT2D eigenvalue weighted by molar-refractivity contribution is 0.0993. The van der Waals surface area contributed by atoms with Crippen molar-refractivity contribution in [1.29, 1.82) is 0 Å². The summed E-state index contributed by atoms with van der Waals surface area (Å²) in [6.45, 7) is 0.368. The van der Waals surface area contributed by atoms with E-state index in [-0.39, 0.29) is 24.4 Å². The Morgan fingerprint density at radius 1 is 0.900 bits per heavy atom. The summed E-state index contributed by atoms with van der Waals surface area (Å²) in [5.74, 6) is 0.907. The Morgan fingerprint density at radius 2 is 1.67 bits per heavy atom. The fraction of sp³-hybridized carbons (Fsp3) is 0.120.